The quantitative estimate of drug-likeness (QED) is 0.790. The minimum Gasteiger partial charge on any atom is -0.481 e. The molecule has 0 saturated heterocycles. The number of hydrogen-bond donors (Lipinski definition) is 2. The van der Waals surface area contributed by atoms with Gasteiger partial charge in [0.15, 0.2) is 0 Å². The Balaban J connectivity index is 2.05. The van der Waals surface area contributed by atoms with E-state index in [-0.39, 0.29) is 24.7 Å². The highest BCUT2D eigenvalue weighted by Gasteiger charge is 2.32. The van der Waals surface area contributed by atoms with Crippen molar-refractivity contribution in [3.05, 3.63) is 40.9 Å². The Morgan fingerprint density at radius 2 is 1.92 bits per heavy atom. The number of aryl methyl sites for hydroxylation is 1. The van der Waals surface area contributed by atoms with Crippen molar-refractivity contribution in [2.45, 2.75) is 46.1 Å². The summed E-state index contributed by atoms with van der Waals surface area (Å²) in [6, 6.07) is 8.09. The third-order valence-corrected chi connectivity index (χ3v) is 5.35. The van der Waals surface area contributed by atoms with E-state index < -0.39 is 11.5 Å². The van der Waals surface area contributed by atoms with Crippen molar-refractivity contribution >= 4 is 23.2 Å². The number of hydrogen-bond acceptors (Lipinski definition) is 4. The molecule has 0 aliphatic carbocycles. The van der Waals surface area contributed by atoms with Crippen LogP contribution in [0.25, 0.3) is 10.6 Å². The third kappa shape index (κ3) is 5.13. The fraction of sp³-hybridized carbons (Fsp3) is 0.421. The van der Waals surface area contributed by atoms with Gasteiger partial charge in [-0.3, -0.25) is 9.59 Å². The Bertz CT molecular complexity index is 752. The number of thiazole rings is 1. The van der Waals surface area contributed by atoms with Crippen molar-refractivity contribution in [2.75, 3.05) is 0 Å². The lowest BCUT2D eigenvalue weighted by molar-refractivity contribution is -0.139. The summed E-state index contributed by atoms with van der Waals surface area (Å²) in [5.41, 5.74) is 2.13. The Hall–Kier alpha value is -2.21. The maximum Gasteiger partial charge on any atom is 0.305 e. The molecule has 2 N–H and O–H groups in total. The van der Waals surface area contributed by atoms with E-state index in [2.05, 4.69) is 10.3 Å². The molecule has 134 valence electrons. The van der Waals surface area contributed by atoms with E-state index in [9.17, 15) is 9.59 Å². The van der Waals surface area contributed by atoms with Gasteiger partial charge < -0.3 is 10.4 Å². The molecule has 1 heterocycles. The highest BCUT2D eigenvalue weighted by atomic mass is 32.1. The van der Waals surface area contributed by atoms with Gasteiger partial charge in [0.2, 0.25) is 5.91 Å². The van der Waals surface area contributed by atoms with Crippen LogP contribution in [0.3, 0.4) is 0 Å². The van der Waals surface area contributed by atoms with Crippen LogP contribution >= 0.6 is 11.3 Å². The van der Waals surface area contributed by atoms with Crippen molar-refractivity contribution in [2.24, 2.45) is 5.92 Å². The first-order valence-electron chi connectivity index (χ1n) is 8.24. The third-order valence-electron chi connectivity index (χ3n) is 4.41. The molecule has 2 aromatic rings. The smallest absolute Gasteiger partial charge is 0.305 e. The summed E-state index contributed by atoms with van der Waals surface area (Å²) in [5.74, 6) is -1.13. The van der Waals surface area contributed by atoms with Crippen LogP contribution in [-0.4, -0.2) is 27.5 Å². The second kappa shape index (κ2) is 7.78. The van der Waals surface area contributed by atoms with E-state index in [1.165, 1.54) is 16.9 Å². The molecule has 0 saturated carbocycles. The number of rotatable bonds is 7. The average Bonchev–Trinajstić information content (AvgIpc) is 2.95. The zero-order chi connectivity index (χ0) is 18.6. The van der Waals surface area contributed by atoms with Crippen molar-refractivity contribution < 1.29 is 14.7 Å². The molecule has 0 radical (unpaired) electrons. The second-order valence-electron chi connectivity index (χ2n) is 6.88. The molecule has 1 amide bonds. The Kier molecular flexibility index (Phi) is 5.95. The molecule has 6 heteroatoms. The highest BCUT2D eigenvalue weighted by molar-refractivity contribution is 7.13. The van der Waals surface area contributed by atoms with Gasteiger partial charge in [0.25, 0.3) is 0 Å². The normalized spacial score (nSPS) is 13.5. The van der Waals surface area contributed by atoms with Crippen LogP contribution in [0, 0.1) is 12.8 Å². The summed E-state index contributed by atoms with van der Waals surface area (Å²) in [7, 11) is 0. The maximum absolute atomic E-state index is 12.4. The predicted molar refractivity (Wildman–Crippen MR) is 99.6 cm³/mol. The Morgan fingerprint density at radius 3 is 2.48 bits per heavy atom. The van der Waals surface area contributed by atoms with Gasteiger partial charge in [0.05, 0.1) is 18.5 Å². The number of aliphatic carboxylic acids is 1. The van der Waals surface area contributed by atoms with E-state index in [1.807, 2.05) is 50.4 Å². The molecule has 0 aliphatic heterocycles. The first-order chi connectivity index (χ1) is 11.7. The zero-order valence-corrected chi connectivity index (χ0v) is 15.8. The number of carbonyl (C=O) groups is 2. The molecule has 0 fully saturated rings. The summed E-state index contributed by atoms with van der Waals surface area (Å²) in [4.78, 5) is 28.0. The van der Waals surface area contributed by atoms with E-state index in [0.717, 1.165) is 10.6 Å². The zero-order valence-electron chi connectivity index (χ0n) is 15.0. The standard InChI is InChI=1S/C19H24N2O3S/c1-12(2)19(4,10-17(23)24)21-16(22)9-15-11-25-18(20-15)14-7-5-13(3)6-8-14/h5-8,11-12H,9-10H2,1-4H3,(H,21,22)(H,23,24). The van der Waals surface area contributed by atoms with E-state index in [4.69, 9.17) is 5.11 Å². The highest BCUT2D eigenvalue weighted by Crippen LogP contribution is 2.25. The summed E-state index contributed by atoms with van der Waals surface area (Å²) in [6.45, 7) is 7.61. The SMILES string of the molecule is Cc1ccc(-c2nc(CC(=O)NC(C)(CC(=O)O)C(C)C)cs2)cc1. The molecule has 1 atom stereocenters. The van der Waals surface area contributed by atoms with Gasteiger partial charge in [-0.2, -0.15) is 0 Å². The number of nitrogens with zero attached hydrogens (tertiary/aromatic N) is 1. The summed E-state index contributed by atoms with van der Waals surface area (Å²) in [5, 5.41) is 14.7. The molecule has 5 nitrogen and oxygen atoms in total. The molecule has 0 spiro atoms. The topological polar surface area (TPSA) is 79.3 Å². The van der Waals surface area contributed by atoms with Crippen LogP contribution in [0.15, 0.2) is 29.6 Å². The summed E-state index contributed by atoms with van der Waals surface area (Å²) in [6.07, 6.45) is 0.0341. The number of benzene rings is 1. The van der Waals surface area contributed by atoms with Crippen molar-refractivity contribution in [3.63, 3.8) is 0 Å². The minimum atomic E-state index is -0.924. The van der Waals surface area contributed by atoms with Crippen LogP contribution < -0.4 is 5.32 Å². The van der Waals surface area contributed by atoms with Crippen LogP contribution in [0.1, 0.15) is 38.4 Å². The molecular weight excluding hydrogens is 336 g/mol. The molecule has 1 aromatic carbocycles. The van der Waals surface area contributed by atoms with Gasteiger partial charge in [-0.25, -0.2) is 4.98 Å². The van der Waals surface area contributed by atoms with Gasteiger partial charge in [-0.15, -0.1) is 11.3 Å². The predicted octanol–water partition coefficient (Wildman–Crippen LogP) is 3.67. The lowest BCUT2D eigenvalue weighted by Gasteiger charge is -2.33. The van der Waals surface area contributed by atoms with Crippen LogP contribution in [0.5, 0.6) is 0 Å². The van der Waals surface area contributed by atoms with Gasteiger partial charge in [-0.1, -0.05) is 43.7 Å². The number of carboxylic acid groups (broad SMARTS) is 1. The number of carbonyl (C=O) groups excluding carboxylic acids is 1. The maximum atomic E-state index is 12.4. The lowest BCUT2D eigenvalue weighted by atomic mass is 9.85. The van der Waals surface area contributed by atoms with Crippen molar-refractivity contribution in [1.82, 2.24) is 10.3 Å². The van der Waals surface area contributed by atoms with Gasteiger partial charge >= 0.3 is 5.97 Å². The summed E-state index contributed by atoms with van der Waals surface area (Å²) >= 11 is 1.50. The molecule has 25 heavy (non-hydrogen) atoms. The summed E-state index contributed by atoms with van der Waals surface area (Å²) < 4.78 is 0. The fourth-order valence-corrected chi connectivity index (χ4v) is 3.28. The monoisotopic (exact) mass is 360 g/mol. The van der Waals surface area contributed by atoms with E-state index in [1.54, 1.807) is 6.92 Å². The largest absolute Gasteiger partial charge is 0.481 e. The minimum absolute atomic E-state index is 0.00565. The van der Waals surface area contributed by atoms with Crippen molar-refractivity contribution in [3.8, 4) is 10.6 Å². The lowest BCUT2D eigenvalue weighted by Crippen LogP contribution is -2.51. The number of aromatic nitrogens is 1. The van der Waals surface area contributed by atoms with Gasteiger partial charge in [-0.05, 0) is 19.8 Å². The van der Waals surface area contributed by atoms with Crippen LogP contribution in [0.4, 0.5) is 0 Å². The first-order valence-corrected chi connectivity index (χ1v) is 9.12. The molecule has 1 unspecified atom stereocenters. The average molecular weight is 360 g/mol. The van der Waals surface area contributed by atoms with Crippen LogP contribution in [-0.2, 0) is 16.0 Å². The van der Waals surface area contributed by atoms with Crippen LogP contribution in [0.2, 0.25) is 0 Å². The first kappa shape index (κ1) is 19.1. The number of amides is 1. The second-order valence-corrected chi connectivity index (χ2v) is 7.74. The molecular formula is C19H24N2O3S. The molecule has 0 bridgehead atoms. The number of nitrogens with one attached hydrogen (secondary N) is 1. The van der Waals surface area contributed by atoms with Gasteiger partial charge in [0, 0.05) is 16.5 Å². The van der Waals surface area contributed by atoms with E-state index >= 15 is 0 Å². The molecule has 1 aromatic heterocycles. The number of carboxylic acids is 1. The van der Waals surface area contributed by atoms with Gasteiger partial charge in [0.1, 0.15) is 5.01 Å². The van der Waals surface area contributed by atoms with E-state index in [0.29, 0.717) is 5.69 Å². The van der Waals surface area contributed by atoms with Crippen molar-refractivity contribution in [1.29, 1.82) is 0 Å². The Morgan fingerprint density at radius 1 is 1.28 bits per heavy atom. The fourth-order valence-electron chi connectivity index (χ4n) is 2.45. The molecule has 2 rings (SSSR count). The molecule has 0 aliphatic rings. The Labute approximate surface area is 152 Å².